The largest absolute Gasteiger partial charge is 0.322 e. The van der Waals surface area contributed by atoms with E-state index in [1.165, 1.54) is 23.2 Å². The average molecular weight is 191 g/mol. The van der Waals surface area contributed by atoms with Crippen LogP contribution in [0, 0.1) is 0 Å². The Labute approximate surface area is 84.2 Å². The van der Waals surface area contributed by atoms with Gasteiger partial charge in [-0.2, -0.15) is 0 Å². The molecular weight excluding hydrogens is 177 g/mol. The average Bonchev–Trinajstić information content (AvgIpc) is 2.50. The minimum Gasteiger partial charge on any atom is -0.322 e. The first-order valence-electron chi connectivity index (χ1n) is 4.77. The van der Waals surface area contributed by atoms with E-state index in [9.17, 15) is 0 Å². The Morgan fingerprint density at radius 2 is 2.38 bits per heavy atom. The zero-order valence-corrected chi connectivity index (χ0v) is 8.73. The normalized spacial score (nSPS) is 14.8. The predicted molar refractivity (Wildman–Crippen MR) is 61.1 cm³/mol. The van der Waals surface area contributed by atoms with Crippen molar-refractivity contribution in [3.05, 3.63) is 23.8 Å². The third-order valence-electron chi connectivity index (χ3n) is 2.73. The lowest BCUT2D eigenvalue weighted by molar-refractivity contribution is 1.16. The summed E-state index contributed by atoms with van der Waals surface area (Å²) in [5.74, 6) is 0.684. The van der Waals surface area contributed by atoms with Crippen molar-refractivity contribution < 1.29 is 0 Å². The summed E-state index contributed by atoms with van der Waals surface area (Å²) in [6, 6.07) is 6.59. The zero-order valence-electron chi connectivity index (χ0n) is 7.92. The fraction of sp³-hybridized carbons (Fsp3) is 0.400. The Kier molecular flexibility index (Phi) is 2.65. The second kappa shape index (κ2) is 3.76. The third-order valence-corrected chi connectivity index (χ3v) is 3.57. The van der Waals surface area contributed by atoms with Crippen molar-refractivity contribution in [3.63, 3.8) is 0 Å². The molecule has 1 aliphatic heterocycles. The van der Waals surface area contributed by atoms with E-state index in [0.717, 1.165) is 6.71 Å². The molecule has 0 aliphatic carbocycles. The van der Waals surface area contributed by atoms with Crippen LogP contribution < -0.4 is 11.2 Å². The topological polar surface area (TPSA) is 26.0 Å². The van der Waals surface area contributed by atoms with Crippen LogP contribution in [0.25, 0.3) is 0 Å². The molecule has 1 heterocycles. The van der Waals surface area contributed by atoms with E-state index in [1.807, 2.05) is 0 Å². The third kappa shape index (κ3) is 1.63. The highest BCUT2D eigenvalue weighted by molar-refractivity contribution is 7.99. The maximum absolute atomic E-state index is 5.56. The lowest BCUT2D eigenvalue weighted by Crippen LogP contribution is -2.24. The van der Waals surface area contributed by atoms with Crippen LogP contribution >= 0.6 is 11.8 Å². The van der Waals surface area contributed by atoms with E-state index in [1.54, 1.807) is 17.2 Å². The van der Waals surface area contributed by atoms with E-state index < -0.39 is 0 Å². The molecule has 0 aromatic heterocycles. The van der Waals surface area contributed by atoms with Crippen LogP contribution in [0.4, 0.5) is 0 Å². The molecular formula is C10H14BNS. The number of thioether (sulfide) groups is 1. The van der Waals surface area contributed by atoms with Crippen molar-refractivity contribution in [2.45, 2.75) is 24.5 Å². The van der Waals surface area contributed by atoms with Gasteiger partial charge in [-0.25, -0.2) is 0 Å². The Morgan fingerprint density at radius 1 is 1.54 bits per heavy atom. The molecule has 68 valence electrons. The molecule has 1 nitrogen and oxygen atoms in total. The predicted octanol–water partition coefficient (Wildman–Crippen LogP) is 1.58. The molecule has 0 radical (unpaired) electrons. The molecule has 0 saturated heterocycles. The van der Waals surface area contributed by atoms with Gasteiger partial charge >= 0.3 is 0 Å². The summed E-state index contributed by atoms with van der Waals surface area (Å²) in [4.78, 5) is 1.39. The zero-order chi connectivity index (χ0) is 9.26. The highest BCUT2D eigenvalue weighted by Gasteiger charge is 2.23. The van der Waals surface area contributed by atoms with Crippen LogP contribution in [0.15, 0.2) is 23.1 Å². The van der Waals surface area contributed by atoms with Crippen LogP contribution in [0.3, 0.4) is 0 Å². The number of aryl methyl sites for hydroxylation is 1. The van der Waals surface area contributed by atoms with Gasteiger partial charge in [0, 0.05) is 10.8 Å². The van der Waals surface area contributed by atoms with Crippen LogP contribution in [0.5, 0.6) is 0 Å². The maximum atomic E-state index is 5.56. The molecule has 0 atom stereocenters. The number of hydrogen-bond acceptors (Lipinski definition) is 2. The monoisotopic (exact) mass is 191 g/mol. The first-order chi connectivity index (χ1) is 6.33. The molecule has 1 aromatic carbocycles. The maximum Gasteiger partial charge on any atom is 0.174 e. The fourth-order valence-corrected chi connectivity index (χ4v) is 2.94. The lowest BCUT2D eigenvalue weighted by atomic mass is 9.48. The molecule has 13 heavy (non-hydrogen) atoms. The molecule has 0 bridgehead atoms. The van der Waals surface area contributed by atoms with Gasteiger partial charge in [0.25, 0.3) is 0 Å². The van der Waals surface area contributed by atoms with Crippen molar-refractivity contribution in [1.82, 2.24) is 0 Å². The van der Waals surface area contributed by atoms with Gasteiger partial charge < -0.3 is 5.73 Å². The number of hydrogen-bond donors (Lipinski definition) is 1. The molecule has 2 rings (SSSR count). The Hall–Kier alpha value is -0.405. The molecule has 1 aliphatic rings. The van der Waals surface area contributed by atoms with Crippen LogP contribution in [0.2, 0.25) is 13.1 Å². The molecule has 1 aromatic rings. The smallest absolute Gasteiger partial charge is 0.174 e. The number of fused-ring (bicyclic) bond motifs is 1. The quantitative estimate of drug-likeness (QED) is 0.436. The van der Waals surface area contributed by atoms with E-state index in [4.69, 9.17) is 5.73 Å². The number of nitrogens with two attached hydrogens (primary N) is 1. The first-order valence-corrected chi connectivity index (χ1v) is 5.76. The van der Waals surface area contributed by atoms with Crippen LogP contribution in [0.1, 0.15) is 5.56 Å². The Balaban J connectivity index is 2.41. The summed E-state index contributed by atoms with van der Waals surface area (Å²) in [5, 5.41) is 0. The number of benzene rings is 1. The van der Waals surface area contributed by atoms with Gasteiger partial charge in [0.15, 0.2) is 6.71 Å². The van der Waals surface area contributed by atoms with E-state index >= 15 is 0 Å². The van der Waals surface area contributed by atoms with Crippen molar-refractivity contribution >= 4 is 23.9 Å². The minimum atomic E-state index is 0.684. The minimum absolute atomic E-state index is 0.684. The van der Waals surface area contributed by atoms with E-state index in [-0.39, 0.29) is 0 Å². The summed E-state index contributed by atoms with van der Waals surface area (Å²) in [7, 11) is 0. The SMILES string of the molecule is CB1CCc2cccc(SCN)c21. The van der Waals surface area contributed by atoms with Crippen LogP contribution in [-0.2, 0) is 6.42 Å². The van der Waals surface area contributed by atoms with Gasteiger partial charge in [0.2, 0.25) is 0 Å². The molecule has 0 unspecified atom stereocenters. The Bertz CT molecular complexity index is 314. The first kappa shape index (κ1) is 9.16. The standard InChI is InChI=1S/C10H14BNS/c1-11-6-5-8-3-2-4-9(10(8)11)13-7-12/h2-4H,5-7,12H2,1H3. The Morgan fingerprint density at radius 3 is 3.15 bits per heavy atom. The highest BCUT2D eigenvalue weighted by atomic mass is 32.2. The fourth-order valence-electron chi connectivity index (χ4n) is 2.10. The second-order valence-corrected chi connectivity index (χ2v) is 4.64. The number of rotatable bonds is 2. The van der Waals surface area contributed by atoms with Crippen LogP contribution in [-0.4, -0.2) is 12.6 Å². The van der Waals surface area contributed by atoms with Crippen molar-refractivity contribution in [1.29, 1.82) is 0 Å². The van der Waals surface area contributed by atoms with Gasteiger partial charge in [-0.1, -0.05) is 36.3 Å². The van der Waals surface area contributed by atoms with Gasteiger partial charge in [0.1, 0.15) is 0 Å². The van der Waals surface area contributed by atoms with E-state index in [0.29, 0.717) is 5.88 Å². The molecule has 2 N–H and O–H groups in total. The van der Waals surface area contributed by atoms with Crippen molar-refractivity contribution in [2.75, 3.05) is 5.88 Å². The highest BCUT2D eigenvalue weighted by Crippen LogP contribution is 2.22. The van der Waals surface area contributed by atoms with Gasteiger partial charge in [-0.3, -0.25) is 0 Å². The van der Waals surface area contributed by atoms with Gasteiger partial charge in [-0.05, 0) is 12.5 Å². The molecule has 0 saturated carbocycles. The molecule has 0 amide bonds. The molecule has 0 spiro atoms. The van der Waals surface area contributed by atoms with Crippen molar-refractivity contribution in [3.8, 4) is 0 Å². The molecule has 0 fully saturated rings. The summed E-state index contributed by atoms with van der Waals surface area (Å²) in [6.07, 6.45) is 2.55. The van der Waals surface area contributed by atoms with Crippen molar-refractivity contribution in [2.24, 2.45) is 5.73 Å². The summed E-state index contributed by atoms with van der Waals surface area (Å²) in [5.41, 5.74) is 8.65. The second-order valence-electron chi connectivity index (χ2n) is 3.58. The summed E-state index contributed by atoms with van der Waals surface area (Å²) < 4.78 is 0. The van der Waals surface area contributed by atoms with Gasteiger partial charge in [-0.15, -0.1) is 11.8 Å². The van der Waals surface area contributed by atoms with E-state index in [2.05, 4.69) is 25.0 Å². The molecule has 3 heteroatoms. The summed E-state index contributed by atoms with van der Waals surface area (Å²) in [6.45, 7) is 3.04. The lowest BCUT2D eigenvalue weighted by Gasteiger charge is -2.08. The van der Waals surface area contributed by atoms with Gasteiger partial charge in [0.05, 0.1) is 0 Å². The summed E-state index contributed by atoms with van der Waals surface area (Å²) >= 11 is 1.76.